The molecule has 0 radical (unpaired) electrons. The molecule has 0 saturated carbocycles. The summed E-state index contributed by atoms with van der Waals surface area (Å²) in [5.41, 5.74) is -0.0648. The monoisotopic (exact) mass is 209 g/mol. The van der Waals surface area contributed by atoms with Gasteiger partial charge in [-0.25, -0.2) is 0 Å². The molecule has 0 N–H and O–H groups in total. The van der Waals surface area contributed by atoms with Crippen molar-refractivity contribution in [3.63, 3.8) is 0 Å². The summed E-state index contributed by atoms with van der Waals surface area (Å²) in [4.78, 5) is 0. The number of nitriles is 1. The minimum Gasteiger partial charge on any atom is -0.195 e. The Balaban J connectivity index is 2.20. The van der Waals surface area contributed by atoms with Crippen LogP contribution in [0.5, 0.6) is 0 Å². The topological polar surface area (TPSA) is 48.5 Å². The highest BCUT2D eigenvalue weighted by atomic mass is 15.1. The first-order valence-electron chi connectivity index (χ1n) is 5.08. The minimum absolute atomic E-state index is 0.580. The lowest BCUT2D eigenvalue weighted by Gasteiger charge is -2.15. The second-order valence-corrected chi connectivity index (χ2v) is 3.56. The molecule has 0 aromatic heterocycles. The Morgan fingerprint density at radius 2 is 2.00 bits per heavy atom. The van der Waals surface area contributed by atoms with Crippen LogP contribution in [0.1, 0.15) is 6.42 Å². The predicted molar refractivity (Wildman–Crippen MR) is 62.2 cm³/mol. The minimum atomic E-state index is -0.829. The molecule has 1 atom stereocenters. The predicted octanol–water partition coefficient (Wildman–Crippen LogP) is 3.55. The Kier molecular flexibility index (Phi) is 2.93. The van der Waals surface area contributed by atoms with E-state index in [0.29, 0.717) is 6.42 Å². The Hall–Kier alpha value is -2.21. The highest BCUT2D eigenvalue weighted by molar-refractivity contribution is 5.36. The maximum atomic E-state index is 9.13. The lowest BCUT2D eigenvalue weighted by Crippen LogP contribution is -2.20. The van der Waals surface area contributed by atoms with E-state index in [4.69, 9.17) is 5.26 Å². The summed E-state index contributed by atoms with van der Waals surface area (Å²) in [6.45, 7) is 0. The van der Waals surface area contributed by atoms with Gasteiger partial charge in [0.1, 0.15) is 0 Å². The van der Waals surface area contributed by atoms with Crippen molar-refractivity contribution in [2.75, 3.05) is 0 Å². The van der Waals surface area contributed by atoms with Gasteiger partial charge in [-0.3, -0.25) is 0 Å². The molecule has 0 amide bonds. The zero-order chi connectivity index (χ0) is 11.3. The number of nitrogens with zero attached hydrogens (tertiary/aromatic N) is 3. The van der Waals surface area contributed by atoms with Crippen molar-refractivity contribution >= 4 is 5.69 Å². The molecule has 1 aromatic carbocycles. The second-order valence-electron chi connectivity index (χ2n) is 3.56. The fraction of sp³-hybridized carbons (Fsp3) is 0.154. The van der Waals surface area contributed by atoms with Crippen molar-refractivity contribution < 1.29 is 0 Å². The molecule has 1 unspecified atom stereocenters. The van der Waals surface area contributed by atoms with E-state index in [2.05, 4.69) is 16.3 Å². The van der Waals surface area contributed by atoms with Gasteiger partial charge in [-0.05, 0) is 18.2 Å². The molecule has 3 nitrogen and oxygen atoms in total. The van der Waals surface area contributed by atoms with Crippen LogP contribution in [-0.2, 0) is 0 Å². The molecule has 0 spiro atoms. The summed E-state index contributed by atoms with van der Waals surface area (Å²) in [7, 11) is 0. The molecule has 1 aliphatic rings. The van der Waals surface area contributed by atoms with Crippen LogP contribution in [0.4, 0.5) is 5.69 Å². The Morgan fingerprint density at radius 3 is 2.62 bits per heavy atom. The molecule has 0 heterocycles. The average molecular weight is 209 g/mol. The number of benzene rings is 1. The molecular formula is C13H11N3. The molecule has 0 saturated heterocycles. The van der Waals surface area contributed by atoms with E-state index in [1.54, 1.807) is 6.08 Å². The molecule has 78 valence electrons. The summed E-state index contributed by atoms with van der Waals surface area (Å²) >= 11 is 0. The number of hydrogen-bond donors (Lipinski definition) is 0. The summed E-state index contributed by atoms with van der Waals surface area (Å²) in [6, 6.07) is 11.6. The fourth-order valence-corrected chi connectivity index (χ4v) is 1.43. The Labute approximate surface area is 94.4 Å². The molecule has 2 rings (SSSR count). The Bertz CT molecular complexity index is 480. The molecule has 0 aliphatic heterocycles. The van der Waals surface area contributed by atoms with E-state index in [1.807, 2.05) is 48.6 Å². The van der Waals surface area contributed by atoms with Crippen molar-refractivity contribution in [1.29, 1.82) is 5.26 Å². The number of rotatable bonds is 2. The van der Waals surface area contributed by atoms with Gasteiger partial charge in [-0.15, -0.1) is 0 Å². The maximum absolute atomic E-state index is 9.13. The van der Waals surface area contributed by atoms with Gasteiger partial charge < -0.3 is 0 Å². The van der Waals surface area contributed by atoms with Crippen molar-refractivity contribution in [2.24, 2.45) is 10.2 Å². The van der Waals surface area contributed by atoms with Gasteiger partial charge >= 0.3 is 0 Å². The largest absolute Gasteiger partial charge is 0.195 e. The van der Waals surface area contributed by atoms with Gasteiger partial charge in [0.2, 0.25) is 0 Å². The first-order valence-corrected chi connectivity index (χ1v) is 5.08. The fourth-order valence-electron chi connectivity index (χ4n) is 1.43. The molecule has 0 fully saturated rings. The van der Waals surface area contributed by atoms with Gasteiger partial charge in [-0.1, -0.05) is 36.4 Å². The molecule has 3 heteroatoms. The summed E-state index contributed by atoms with van der Waals surface area (Å²) in [6.07, 6.45) is 8.02. The maximum Gasteiger partial charge on any atom is 0.189 e. The van der Waals surface area contributed by atoms with Gasteiger partial charge in [-0.2, -0.15) is 15.5 Å². The molecule has 1 aliphatic carbocycles. The van der Waals surface area contributed by atoms with Gasteiger partial charge in [0.15, 0.2) is 5.54 Å². The van der Waals surface area contributed by atoms with E-state index in [0.717, 1.165) is 5.69 Å². The smallest absolute Gasteiger partial charge is 0.189 e. The quantitative estimate of drug-likeness (QED) is 0.687. The van der Waals surface area contributed by atoms with Gasteiger partial charge in [0, 0.05) is 6.42 Å². The van der Waals surface area contributed by atoms with Gasteiger partial charge in [0.05, 0.1) is 11.8 Å². The van der Waals surface area contributed by atoms with Crippen LogP contribution in [0.15, 0.2) is 64.9 Å². The summed E-state index contributed by atoms with van der Waals surface area (Å²) in [5, 5.41) is 17.4. The lowest BCUT2D eigenvalue weighted by molar-refractivity contribution is 0.641. The summed E-state index contributed by atoms with van der Waals surface area (Å²) in [5.74, 6) is 0. The van der Waals surface area contributed by atoms with Crippen LogP contribution in [0, 0.1) is 11.3 Å². The van der Waals surface area contributed by atoms with Crippen LogP contribution in [0.25, 0.3) is 0 Å². The highest BCUT2D eigenvalue weighted by Crippen LogP contribution is 2.24. The first-order chi connectivity index (χ1) is 7.85. The van der Waals surface area contributed by atoms with E-state index in [1.165, 1.54) is 0 Å². The van der Waals surface area contributed by atoms with Crippen LogP contribution in [-0.4, -0.2) is 5.54 Å². The van der Waals surface area contributed by atoms with E-state index >= 15 is 0 Å². The zero-order valence-electron chi connectivity index (χ0n) is 8.74. The number of hydrogen-bond acceptors (Lipinski definition) is 3. The van der Waals surface area contributed by atoms with Crippen LogP contribution < -0.4 is 0 Å². The molecule has 1 aromatic rings. The van der Waals surface area contributed by atoms with Crippen LogP contribution in [0.2, 0.25) is 0 Å². The van der Waals surface area contributed by atoms with E-state index in [-0.39, 0.29) is 0 Å². The average Bonchev–Trinajstić information content (AvgIpc) is 2.39. The first kappa shape index (κ1) is 10.3. The van der Waals surface area contributed by atoms with E-state index in [9.17, 15) is 0 Å². The van der Waals surface area contributed by atoms with Crippen molar-refractivity contribution in [2.45, 2.75) is 12.0 Å². The second kappa shape index (κ2) is 4.54. The Morgan fingerprint density at radius 1 is 1.19 bits per heavy atom. The normalized spacial score (nSPS) is 23.4. The molecular weight excluding hydrogens is 198 g/mol. The third-order valence-corrected chi connectivity index (χ3v) is 2.34. The van der Waals surface area contributed by atoms with Crippen molar-refractivity contribution in [3.05, 3.63) is 54.6 Å². The lowest BCUT2D eigenvalue weighted by atomic mass is 9.94. The SMILES string of the molecule is N#CC1(N=Nc2ccccc2)C=CC=CC1. The third-order valence-electron chi connectivity index (χ3n) is 2.34. The van der Waals surface area contributed by atoms with Crippen molar-refractivity contribution in [3.8, 4) is 6.07 Å². The zero-order valence-corrected chi connectivity index (χ0v) is 8.74. The third kappa shape index (κ3) is 2.23. The summed E-state index contributed by atoms with van der Waals surface area (Å²) < 4.78 is 0. The van der Waals surface area contributed by atoms with Crippen LogP contribution >= 0.6 is 0 Å². The number of azo groups is 1. The standard InChI is InChI=1S/C13H11N3/c14-11-13(9-5-2-6-10-13)16-15-12-7-3-1-4-8-12/h1-9H,10H2. The highest BCUT2D eigenvalue weighted by Gasteiger charge is 2.26. The molecule has 16 heavy (non-hydrogen) atoms. The molecule has 0 bridgehead atoms. The van der Waals surface area contributed by atoms with Gasteiger partial charge in [0.25, 0.3) is 0 Å². The van der Waals surface area contributed by atoms with Crippen molar-refractivity contribution in [1.82, 2.24) is 0 Å². The van der Waals surface area contributed by atoms with E-state index < -0.39 is 5.54 Å². The van der Waals surface area contributed by atoms with Crippen LogP contribution in [0.3, 0.4) is 0 Å². The number of allylic oxidation sites excluding steroid dienone is 2.